The summed E-state index contributed by atoms with van der Waals surface area (Å²) in [5.74, 6) is 1.68. The minimum Gasteiger partial charge on any atom is -0.269 e. The number of aliphatic imine (C=N–C) groups is 1. The van der Waals surface area contributed by atoms with Crippen LogP contribution in [0.5, 0.6) is 0 Å². The second-order valence-corrected chi connectivity index (χ2v) is 6.95. The van der Waals surface area contributed by atoms with Crippen molar-refractivity contribution in [3.8, 4) is 0 Å². The van der Waals surface area contributed by atoms with Gasteiger partial charge in [0.25, 0.3) is 0 Å². The van der Waals surface area contributed by atoms with Crippen molar-refractivity contribution in [2.75, 3.05) is 0 Å². The van der Waals surface area contributed by atoms with Crippen molar-refractivity contribution < 1.29 is 0 Å². The van der Waals surface area contributed by atoms with Crippen molar-refractivity contribution in [2.45, 2.75) is 37.0 Å². The molecule has 0 aromatic heterocycles. The van der Waals surface area contributed by atoms with E-state index in [0.29, 0.717) is 23.1 Å². The van der Waals surface area contributed by atoms with Crippen LogP contribution in [0.15, 0.2) is 58.7 Å². The molecule has 0 saturated heterocycles. The molecule has 4 rings (SSSR count). The summed E-state index contributed by atoms with van der Waals surface area (Å²) in [6.07, 6.45) is 10.9. The van der Waals surface area contributed by atoms with Crippen molar-refractivity contribution in [2.24, 2.45) is 16.8 Å². The molecule has 108 valence electrons. The highest BCUT2D eigenvalue weighted by Crippen LogP contribution is 2.53. The third-order valence-electron chi connectivity index (χ3n) is 5.30. The molecule has 3 aliphatic rings. The number of benzene rings is 1. The summed E-state index contributed by atoms with van der Waals surface area (Å²) in [6, 6.07) is 10.9. The average molecular weight is 298 g/mol. The molecular weight excluding hydrogens is 278 g/mol. The molecule has 1 nitrogen and oxygen atoms in total. The fourth-order valence-electron chi connectivity index (χ4n) is 4.36. The largest absolute Gasteiger partial charge is 0.269 e. The molecular formula is C19H20ClN. The molecule has 1 aromatic carbocycles. The lowest BCUT2D eigenvalue weighted by Crippen LogP contribution is -2.27. The first-order valence-corrected chi connectivity index (χ1v) is 8.39. The average Bonchev–Trinajstić information content (AvgIpc) is 2.83. The minimum atomic E-state index is 0.294. The summed E-state index contributed by atoms with van der Waals surface area (Å²) in [7, 11) is 0. The van der Waals surface area contributed by atoms with E-state index in [1.165, 1.54) is 24.0 Å². The van der Waals surface area contributed by atoms with Gasteiger partial charge < -0.3 is 0 Å². The lowest BCUT2D eigenvalue weighted by atomic mass is 9.73. The molecule has 1 heterocycles. The van der Waals surface area contributed by atoms with Gasteiger partial charge in [0.15, 0.2) is 0 Å². The van der Waals surface area contributed by atoms with Crippen molar-refractivity contribution in [1.29, 1.82) is 0 Å². The van der Waals surface area contributed by atoms with Crippen molar-refractivity contribution in [3.63, 3.8) is 0 Å². The Morgan fingerprint density at radius 2 is 1.95 bits per heavy atom. The SMILES string of the molecule is ClC1CC2CC=NC=CC2=C2C(c3ccccc3)CCC21. The summed E-state index contributed by atoms with van der Waals surface area (Å²) < 4.78 is 0. The van der Waals surface area contributed by atoms with Gasteiger partial charge in [-0.1, -0.05) is 35.9 Å². The monoisotopic (exact) mass is 297 g/mol. The van der Waals surface area contributed by atoms with E-state index in [2.05, 4.69) is 41.4 Å². The number of alkyl halides is 1. The van der Waals surface area contributed by atoms with E-state index in [9.17, 15) is 0 Å². The van der Waals surface area contributed by atoms with Crippen LogP contribution in [-0.2, 0) is 0 Å². The van der Waals surface area contributed by atoms with Gasteiger partial charge in [-0.2, -0.15) is 0 Å². The van der Waals surface area contributed by atoms with Crippen LogP contribution < -0.4 is 0 Å². The molecule has 0 radical (unpaired) electrons. The highest BCUT2D eigenvalue weighted by molar-refractivity contribution is 6.21. The Balaban J connectivity index is 1.82. The molecule has 1 saturated carbocycles. The molecule has 2 heteroatoms. The van der Waals surface area contributed by atoms with Crippen LogP contribution in [0.4, 0.5) is 0 Å². The molecule has 1 aliphatic heterocycles. The molecule has 21 heavy (non-hydrogen) atoms. The second-order valence-electron chi connectivity index (χ2n) is 6.39. The van der Waals surface area contributed by atoms with Gasteiger partial charge in [-0.05, 0) is 54.7 Å². The van der Waals surface area contributed by atoms with Crippen LogP contribution in [0.3, 0.4) is 0 Å². The highest BCUT2D eigenvalue weighted by atomic mass is 35.5. The predicted octanol–water partition coefficient (Wildman–Crippen LogP) is 5.09. The van der Waals surface area contributed by atoms with E-state index >= 15 is 0 Å². The Labute approximate surface area is 131 Å². The molecule has 1 aromatic rings. The number of rotatable bonds is 1. The van der Waals surface area contributed by atoms with Crippen molar-refractivity contribution in [3.05, 3.63) is 59.3 Å². The van der Waals surface area contributed by atoms with Gasteiger partial charge in [0.05, 0.1) is 0 Å². The molecule has 2 aliphatic carbocycles. The summed E-state index contributed by atoms with van der Waals surface area (Å²) >= 11 is 6.74. The first kappa shape index (κ1) is 13.3. The van der Waals surface area contributed by atoms with Gasteiger partial charge in [0.1, 0.15) is 0 Å². The second kappa shape index (κ2) is 5.46. The summed E-state index contributed by atoms with van der Waals surface area (Å²) in [5, 5.41) is 0.294. The molecule has 1 fully saturated rings. The van der Waals surface area contributed by atoms with Crippen LogP contribution >= 0.6 is 11.6 Å². The Hall–Kier alpha value is -1.34. The smallest absolute Gasteiger partial charge is 0.0407 e. The summed E-state index contributed by atoms with van der Waals surface area (Å²) in [4.78, 5) is 4.35. The Morgan fingerprint density at radius 1 is 1.10 bits per heavy atom. The summed E-state index contributed by atoms with van der Waals surface area (Å²) in [6.45, 7) is 0. The maximum atomic E-state index is 6.74. The first-order chi connectivity index (χ1) is 10.3. The minimum absolute atomic E-state index is 0.294. The van der Waals surface area contributed by atoms with Crippen LogP contribution in [0, 0.1) is 11.8 Å². The number of fused-ring (bicyclic) bond motifs is 2. The Kier molecular flexibility index (Phi) is 3.46. The van der Waals surface area contributed by atoms with Crippen LogP contribution in [0.1, 0.15) is 37.2 Å². The molecule has 0 bridgehead atoms. The van der Waals surface area contributed by atoms with E-state index in [-0.39, 0.29) is 0 Å². The highest BCUT2D eigenvalue weighted by Gasteiger charge is 2.42. The van der Waals surface area contributed by atoms with E-state index in [1.807, 2.05) is 12.4 Å². The van der Waals surface area contributed by atoms with Crippen LogP contribution in [0.2, 0.25) is 0 Å². The van der Waals surface area contributed by atoms with E-state index in [1.54, 1.807) is 5.57 Å². The van der Waals surface area contributed by atoms with Crippen LogP contribution in [0.25, 0.3) is 0 Å². The Bertz CT molecular complexity index is 614. The third-order valence-corrected chi connectivity index (χ3v) is 5.78. The lowest BCUT2D eigenvalue weighted by molar-refractivity contribution is 0.447. The van der Waals surface area contributed by atoms with Gasteiger partial charge in [0, 0.05) is 23.7 Å². The maximum Gasteiger partial charge on any atom is 0.0407 e. The number of hydrogen-bond acceptors (Lipinski definition) is 1. The fourth-order valence-corrected chi connectivity index (χ4v) is 4.84. The zero-order valence-electron chi connectivity index (χ0n) is 12.1. The third kappa shape index (κ3) is 2.28. The normalized spacial score (nSPS) is 34.5. The van der Waals surface area contributed by atoms with Gasteiger partial charge in [-0.15, -0.1) is 11.6 Å². The van der Waals surface area contributed by atoms with Crippen molar-refractivity contribution in [1.82, 2.24) is 0 Å². The van der Waals surface area contributed by atoms with Crippen molar-refractivity contribution >= 4 is 17.8 Å². The number of hydrogen-bond donors (Lipinski definition) is 0. The summed E-state index contributed by atoms with van der Waals surface area (Å²) in [5.41, 5.74) is 4.59. The standard InChI is InChI=1S/C19H20ClN/c20-18-12-14-8-10-21-11-9-16(14)19-15(6-7-17(18)19)13-4-2-1-3-5-13/h1-5,9-11,14-15,17-18H,6-8,12H2. The van der Waals surface area contributed by atoms with Crippen LogP contribution in [-0.4, -0.2) is 11.6 Å². The molecule has 0 N–H and O–H groups in total. The Morgan fingerprint density at radius 3 is 2.81 bits per heavy atom. The molecule has 0 spiro atoms. The number of allylic oxidation sites excluding steroid dienone is 3. The van der Waals surface area contributed by atoms with E-state index in [0.717, 1.165) is 12.8 Å². The maximum absolute atomic E-state index is 6.74. The van der Waals surface area contributed by atoms with E-state index in [4.69, 9.17) is 11.6 Å². The van der Waals surface area contributed by atoms with Gasteiger partial charge in [-0.3, -0.25) is 4.99 Å². The predicted molar refractivity (Wildman–Crippen MR) is 88.9 cm³/mol. The fraction of sp³-hybridized carbons (Fsp3) is 0.421. The number of halogens is 1. The molecule has 4 unspecified atom stereocenters. The number of nitrogens with zero attached hydrogens (tertiary/aromatic N) is 1. The topological polar surface area (TPSA) is 12.4 Å². The lowest BCUT2D eigenvalue weighted by Gasteiger charge is -2.34. The van der Waals surface area contributed by atoms with Gasteiger partial charge in [-0.25, -0.2) is 0 Å². The zero-order valence-corrected chi connectivity index (χ0v) is 12.8. The zero-order chi connectivity index (χ0) is 14.2. The quantitative estimate of drug-likeness (QED) is 0.640. The molecule has 4 atom stereocenters. The van der Waals surface area contributed by atoms with Gasteiger partial charge in [0.2, 0.25) is 0 Å². The first-order valence-electron chi connectivity index (χ1n) is 7.95. The van der Waals surface area contributed by atoms with Gasteiger partial charge >= 0.3 is 0 Å². The van der Waals surface area contributed by atoms with E-state index < -0.39 is 0 Å². The molecule has 0 amide bonds.